The summed E-state index contributed by atoms with van der Waals surface area (Å²) in [6.07, 6.45) is 0. The summed E-state index contributed by atoms with van der Waals surface area (Å²) >= 11 is 0. The van der Waals surface area contributed by atoms with Gasteiger partial charge in [-0.3, -0.25) is 10.1 Å². The number of nitro benzene ring substituents is 1. The summed E-state index contributed by atoms with van der Waals surface area (Å²) < 4.78 is 4.60. The third-order valence-corrected chi connectivity index (χ3v) is 1.59. The Morgan fingerprint density at radius 2 is 2.17 bits per heavy atom. The van der Waals surface area contributed by atoms with Crippen molar-refractivity contribution >= 4 is 16.7 Å². The zero-order valence-corrected chi connectivity index (χ0v) is 5.81. The smallest absolute Gasteiger partial charge is 0.344 e. The molecule has 0 aliphatic heterocycles. The Hall–Kier alpha value is -1.91. The quantitative estimate of drug-likeness (QED) is 0.469. The van der Waals surface area contributed by atoms with Crippen LogP contribution in [0.2, 0.25) is 0 Å². The first-order chi connectivity index (χ1) is 5.68. The van der Waals surface area contributed by atoms with Crippen LogP contribution in [-0.4, -0.2) is 4.92 Å². The molecule has 5 nitrogen and oxygen atoms in total. The Morgan fingerprint density at radius 1 is 1.42 bits per heavy atom. The summed E-state index contributed by atoms with van der Waals surface area (Å²) in [4.78, 5) is 20.6. The van der Waals surface area contributed by atoms with Gasteiger partial charge in [-0.1, -0.05) is 0 Å². The molecule has 0 radical (unpaired) electrons. The van der Waals surface area contributed by atoms with E-state index in [2.05, 4.69) is 4.42 Å². The fourth-order valence-corrected chi connectivity index (χ4v) is 1.03. The summed E-state index contributed by atoms with van der Waals surface area (Å²) in [6.45, 7) is 0. The van der Waals surface area contributed by atoms with Gasteiger partial charge in [-0.05, 0) is 12.1 Å². The molecule has 0 spiro atoms. The van der Waals surface area contributed by atoms with Gasteiger partial charge in [0.25, 0.3) is 0 Å². The van der Waals surface area contributed by atoms with E-state index in [0.29, 0.717) is 0 Å². The molecule has 3 aromatic rings. The molecule has 3 rings (SSSR count). The Labute approximate surface area is 65.7 Å². The Kier molecular flexibility index (Phi) is 1.15. The van der Waals surface area contributed by atoms with Crippen molar-refractivity contribution in [2.24, 2.45) is 0 Å². The predicted octanol–water partition coefficient (Wildman–Crippen LogP) is 1.14. The predicted molar refractivity (Wildman–Crippen MR) is 40.3 cm³/mol. The summed E-state index contributed by atoms with van der Waals surface area (Å²) in [5.41, 5.74) is -0.676. The first kappa shape index (κ1) is 6.78. The van der Waals surface area contributed by atoms with E-state index < -0.39 is 10.5 Å². The summed E-state index contributed by atoms with van der Waals surface area (Å²) in [7, 11) is 0. The van der Waals surface area contributed by atoms with Crippen LogP contribution in [0.1, 0.15) is 0 Å². The highest BCUT2D eigenvalue weighted by molar-refractivity contribution is 5.72. The molecular weight excluding hydrogens is 162 g/mol. The van der Waals surface area contributed by atoms with Crippen molar-refractivity contribution in [3.8, 4) is 0 Å². The average Bonchev–Trinajstić information content (AvgIpc) is 2.04. The number of nitro groups is 1. The number of fused-ring (bicyclic) bond motifs is 3. The van der Waals surface area contributed by atoms with Crippen LogP contribution >= 0.6 is 0 Å². The standard InChI is InChI=1S/C7H3NO4/c9-7-4-1-2-6(12-7)5(3-4)8(10)11/h1-3H. The number of nitrogens with zero attached hydrogens (tertiary/aromatic N) is 1. The summed E-state index contributed by atoms with van der Waals surface area (Å²) in [6, 6.07) is 4.12. The van der Waals surface area contributed by atoms with Gasteiger partial charge in [0.2, 0.25) is 5.58 Å². The van der Waals surface area contributed by atoms with E-state index in [0.717, 1.165) is 0 Å². The molecule has 0 amide bonds. The highest BCUT2D eigenvalue weighted by atomic mass is 16.6. The summed E-state index contributed by atoms with van der Waals surface area (Å²) in [5.74, 6) is 0. The average molecular weight is 165 g/mol. The molecule has 0 saturated carbocycles. The van der Waals surface area contributed by atoms with Crippen molar-refractivity contribution in [3.05, 3.63) is 38.7 Å². The van der Waals surface area contributed by atoms with Crippen molar-refractivity contribution in [2.45, 2.75) is 0 Å². The minimum absolute atomic E-state index is 0.0139. The molecular formula is C7H3NO4. The number of hydrogen-bond donors (Lipinski definition) is 0. The van der Waals surface area contributed by atoms with Gasteiger partial charge in [-0.15, -0.1) is 0 Å². The van der Waals surface area contributed by atoms with Crippen molar-refractivity contribution in [3.63, 3.8) is 0 Å². The molecule has 0 N–H and O–H groups in total. The molecule has 60 valence electrons. The van der Waals surface area contributed by atoms with Gasteiger partial charge in [0, 0.05) is 6.07 Å². The van der Waals surface area contributed by atoms with E-state index in [9.17, 15) is 14.9 Å². The molecule has 0 aliphatic carbocycles. The first-order valence-electron chi connectivity index (χ1n) is 3.19. The van der Waals surface area contributed by atoms with E-state index in [1.807, 2.05) is 0 Å². The van der Waals surface area contributed by atoms with Gasteiger partial charge in [-0.2, -0.15) is 0 Å². The fourth-order valence-electron chi connectivity index (χ4n) is 1.03. The van der Waals surface area contributed by atoms with Gasteiger partial charge in [0.05, 0.1) is 10.3 Å². The van der Waals surface area contributed by atoms with E-state index in [1.165, 1.54) is 18.2 Å². The highest BCUT2D eigenvalue weighted by Crippen LogP contribution is 2.21. The van der Waals surface area contributed by atoms with Gasteiger partial charge < -0.3 is 4.42 Å². The molecule has 2 heterocycles. The zero-order chi connectivity index (χ0) is 8.72. The molecule has 2 bridgehead atoms. The molecule has 2 aromatic heterocycles. The maximum atomic E-state index is 10.8. The lowest BCUT2D eigenvalue weighted by Crippen LogP contribution is -2.02. The Balaban J connectivity index is 2.88. The van der Waals surface area contributed by atoms with Crippen LogP contribution in [0.3, 0.4) is 0 Å². The maximum Gasteiger partial charge on any atom is 0.344 e. The van der Waals surface area contributed by atoms with E-state index in [1.54, 1.807) is 0 Å². The van der Waals surface area contributed by atoms with E-state index in [-0.39, 0.29) is 16.7 Å². The minimum Gasteiger partial charge on any atom is -0.416 e. The van der Waals surface area contributed by atoms with Crippen LogP contribution in [0, 0.1) is 10.1 Å². The van der Waals surface area contributed by atoms with Crippen LogP contribution in [0.4, 0.5) is 5.69 Å². The van der Waals surface area contributed by atoms with Crippen molar-refractivity contribution in [1.29, 1.82) is 0 Å². The van der Waals surface area contributed by atoms with Crippen LogP contribution in [0.5, 0.6) is 0 Å². The molecule has 1 aromatic carbocycles. The third kappa shape index (κ3) is 0.763. The van der Waals surface area contributed by atoms with Gasteiger partial charge >= 0.3 is 11.3 Å². The van der Waals surface area contributed by atoms with Gasteiger partial charge in [-0.25, -0.2) is 4.79 Å². The maximum absolute atomic E-state index is 10.8. The largest absolute Gasteiger partial charge is 0.416 e. The normalized spacial score (nSPS) is 10.7. The monoisotopic (exact) mass is 165 g/mol. The van der Waals surface area contributed by atoms with Crippen molar-refractivity contribution in [2.75, 3.05) is 0 Å². The molecule has 0 unspecified atom stereocenters. The van der Waals surface area contributed by atoms with Gasteiger partial charge in [0.1, 0.15) is 0 Å². The van der Waals surface area contributed by atoms with Crippen LogP contribution in [0.25, 0.3) is 11.0 Å². The second-order valence-corrected chi connectivity index (χ2v) is 2.33. The molecule has 0 atom stereocenters. The number of non-ortho nitro benzene ring substituents is 1. The van der Waals surface area contributed by atoms with Crippen molar-refractivity contribution in [1.82, 2.24) is 0 Å². The SMILES string of the molecule is O=c1oc2ccc1cc2[N+](=O)[O-]. The third-order valence-electron chi connectivity index (χ3n) is 1.59. The summed E-state index contributed by atoms with van der Waals surface area (Å²) in [5, 5.41) is 10.5. The lowest BCUT2D eigenvalue weighted by atomic mass is 10.2. The Morgan fingerprint density at radius 3 is 2.58 bits per heavy atom. The second-order valence-electron chi connectivity index (χ2n) is 2.33. The Bertz CT molecular complexity index is 487. The lowest BCUT2D eigenvalue weighted by Gasteiger charge is -1.96. The molecule has 0 aliphatic rings. The number of hydrogen-bond acceptors (Lipinski definition) is 4. The van der Waals surface area contributed by atoms with Crippen LogP contribution in [0.15, 0.2) is 27.4 Å². The zero-order valence-electron chi connectivity index (χ0n) is 5.81. The van der Waals surface area contributed by atoms with Gasteiger partial charge in [0.15, 0.2) is 0 Å². The van der Waals surface area contributed by atoms with E-state index >= 15 is 0 Å². The first-order valence-corrected chi connectivity index (χ1v) is 3.19. The van der Waals surface area contributed by atoms with Crippen LogP contribution in [-0.2, 0) is 0 Å². The highest BCUT2D eigenvalue weighted by Gasteiger charge is 2.15. The topological polar surface area (TPSA) is 73.3 Å². The van der Waals surface area contributed by atoms with E-state index in [4.69, 9.17) is 0 Å². The number of benzene rings is 1. The molecule has 0 saturated heterocycles. The fraction of sp³-hybridized carbons (Fsp3) is 0. The van der Waals surface area contributed by atoms with Crippen molar-refractivity contribution < 1.29 is 9.34 Å². The molecule has 5 heteroatoms. The second kappa shape index (κ2) is 2.04. The molecule has 12 heavy (non-hydrogen) atoms. The molecule has 0 fully saturated rings. The van der Waals surface area contributed by atoms with Crippen LogP contribution < -0.4 is 5.63 Å². The lowest BCUT2D eigenvalue weighted by molar-refractivity contribution is -0.383. The number of rotatable bonds is 1. The minimum atomic E-state index is -0.578.